The molecule has 0 radical (unpaired) electrons. The molecule has 0 saturated heterocycles. The minimum Gasteiger partial charge on any atom is -0.353 e. The van der Waals surface area contributed by atoms with E-state index in [1.165, 1.54) is 18.4 Å². The first-order valence-electron chi connectivity index (χ1n) is 5.60. The van der Waals surface area contributed by atoms with E-state index >= 15 is 0 Å². The van der Waals surface area contributed by atoms with Crippen LogP contribution >= 0.6 is 0 Å². The minimum absolute atomic E-state index is 0.0309. The van der Waals surface area contributed by atoms with Crippen LogP contribution in [0, 0.1) is 0 Å². The Kier molecular flexibility index (Phi) is 3.05. The highest BCUT2D eigenvalue weighted by atomic mass is 16.1. The van der Waals surface area contributed by atoms with Gasteiger partial charge in [-0.1, -0.05) is 43.2 Å². The van der Waals surface area contributed by atoms with Crippen LogP contribution in [0.1, 0.15) is 31.2 Å². The summed E-state index contributed by atoms with van der Waals surface area (Å²) < 4.78 is 0. The van der Waals surface area contributed by atoms with Crippen LogP contribution in [0.25, 0.3) is 0 Å². The topological polar surface area (TPSA) is 29.1 Å². The third kappa shape index (κ3) is 2.38. The Morgan fingerprint density at radius 1 is 1.20 bits per heavy atom. The van der Waals surface area contributed by atoms with E-state index in [4.69, 9.17) is 0 Å². The van der Waals surface area contributed by atoms with Crippen molar-refractivity contribution in [3.8, 4) is 0 Å². The molecule has 1 aliphatic rings. The molecule has 0 bridgehead atoms. The van der Waals surface area contributed by atoms with Gasteiger partial charge in [0.15, 0.2) is 0 Å². The van der Waals surface area contributed by atoms with E-state index in [0.717, 1.165) is 25.7 Å². The molecule has 1 aromatic carbocycles. The molecule has 1 fully saturated rings. The Morgan fingerprint density at radius 3 is 2.47 bits per heavy atom. The monoisotopic (exact) mass is 203 g/mol. The largest absolute Gasteiger partial charge is 0.353 e. The number of carbonyl (C=O) groups is 1. The molecule has 1 aliphatic carbocycles. The van der Waals surface area contributed by atoms with Crippen LogP contribution in [0.2, 0.25) is 0 Å². The van der Waals surface area contributed by atoms with Gasteiger partial charge >= 0.3 is 0 Å². The predicted molar refractivity (Wildman–Crippen MR) is 60.5 cm³/mol. The van der Waals surface area contributed by atoms with Crippen LogP contribution < -0.4 is 5.32 Å². The van der Waals surface area contributed by atoms with E-state index in [9.17, 15) is 4.79 Å². The third-order valence-electron chi connectivity index (χ3n) is 3.31. The normalized spacial score (nSPS) is 18.7. The van der Waals surface area contributed by atoms with Crippen molar-refractivity contribution in [2.45, 2.75) is 37.6 Å². The van der Waals surface area contributed by atoms with Gasteiger partial charge in [0.2, 0.25) is 6.41 Å². The lowest BCUT2D eigenvalue weighted by Crippen LogP contribution is -2.43. The molecule has 1 N–H and O–H groups in total. The van der Waals surface area contributed by atoms with E-state index < -0.39 is 0 Å². The van der Waals surface area contributed by atoms with Crippen molar-refractivity contribution in [3.63, 3.8) is 0 Å². The highest BCUT2D eigenvalue weighted by molar-refractivity contribution is 5.48. The SMILES string of the molecule is O=CNC1(Cc2ccccc2)CCCC1. The summed E-state index contributed by atoms with van der Waals surface area (Å²) in [4.78, 5) is 10.6. The number of hydrogen-bond acceptors (Lipinski definition) is 1. The Morgan fingerprint density at radius 2 is 1.87 bits per heavy atom. The zero-order chi connectivity index (χ0) is 10.6. The van der Waals surface area contributed by atoms with Gasteiger partial charge in [-0.2, -0.15) is 0 Å². The van der Waals surface area contributed by atoms with E-state index in [1.54, 1.807) is 0 Å². The number of carbonyl (C=O) groups excluding carboxylic acids is 1. The molecule has 0 heterocycles. The maximum Gasteiger partial charge on any atom is 0.207 e. The molecule has 0 aliphatic heterocycles. The van der Waals surface area contributed by atoms with Crippen molar-refractivity contribution in [2.24, 2.45) is 0 Å². The Bertz CT molecular complexity index is 315. The van der Waals surface area contributed by atoms with E-state index in [2.05, 4.69) is 29.6 Å². The highest BCUT2D eigenvalue weighted by Gasteiger charge is 2.33. The molecular weight excluding hydrogens is 186 g/mol. The zero-order valence-corrected chi connectivity index (χ0v) is 8.91. The fraction of sp³-hybridized carbons (Fsp3) is 0.462. The van der Waals surface area contributed by atoms with Crippen molar-refractivity contribution in [3.05, 3.63) is 35.9 Å². The second-order valence-corrected chi connectivity index (χ2v) is 4.41. The van der Waals surface area contributed by atoms with Crippen LogP contribution in [0.4, 0.5) is 0 Å². The summed E-state index contributed by atoms with van der Waals surface area (Å²) >= 11 is 0. The first-order chi connectivity index (χ1) is 7.35. The number of hydrogen-bond donors (Lipinski definition) is 1. The van der Waals surface area contributed by atoms with Gasteiger partial charge in [-0.05, 0) is 24.8 Å². The van der Waals surface area contributed by atoms with Crippen molar-refractivity contribution in [1.82, 2.24) is 5.32 Å². The smallest absolute Gasteiger partial charge is 0.207 e. The predicted octanol–water partition coefficient (Wildman–Crippen LogP) is 2.29. The van der Waals surface area contributed by atoms with E-state index in [0.29, 0.717) is 0 Å². The number of nitrogens with one attached hydrogen (secondary N) is 1. The Hall–Kier alpha value is -1.31. The van der Waals surface area contributed by atoms with E-state index in [1.807, 2.05) is 6.07 Å². The highest BCUT2D eigenvalue weighted by Crippen LogP contribution is 2.32. The van der Waals surface area contributed by atoms with Gasteiger partial charge in [0, 0.05) is 5.54 Å². The fourth-order valence-corrected chi connectivity index (χ4v) is 2.54. The molecule has 2 heteroatoms. The zero-order valence-electron chi connectivity index (χ0n) is 8.91. The first kappa shape index (κ1) is 10.2. The minimum atomic E-state index is 0.0309. The van der Waals surface area contributed by atoms with Crippen LogP contribution in [-0.2, 0) is 11.2 Å². The molecule has 15 heavy (non-hydrogen) atoms. The average Bonchev–Trinajstić information content (AvgIpc) is 2.69. The summed E-state index contributed by atoms with van der Waals surface area (Å²) in [5, 5.41) is 3.03. The number of benzene rings is 1. The molecule has 2 nitrogen and oxygen atoms in total. The second kappa shape index (κ2) is 4.47. The van der Waals surface area contributed by atoms with Crippen molar-refractivity contribution in [1.29, 1.82) is 0 Å². The summed E-state index contributed by atoms with van der Waals surface area (Å²) in [5.74, 6) is 0. The molecule has 80 valence electrons. The molecule has 1 saturated carbocycles. The summed E-state index contributed by atoms with van der Waals surface area (Å²) in [7, 11) is 0. The summed E-state index contributed by atoms with van der Waals surface area (Å²) in [6.07, 6.45) is 6.50. The van der Waals surface area contributed by atoms with Gasteiger partial charge in [0.05, 0.1) is 0 Å². The maximum absolute atomic E-state index is 10.6. The lowest BCUT2D eigenvalue weighted by molar-refractivity contribution is -0.111. The third-order valence-corrected chi connectivity index (χ3v) is 3.31. The average molecular weight is 203 g/mol. The standard InChI is InChI=1S/C13H17NO/c15-11-14-13(8-4-5-9-13)10-12-6-2-1-3-7-12/h1-3,6-7,11H,4-5,8-10H2,(H,14,15). The lowest BCUT2D eigenvalue weighted by Gasteiger charge is -2.28. The lowest BCUT2D eigenvalue weighted by atomic mass is 9.89. The molecule has 2 rings (SSSR count). The Labute approximate surface area is 90.7 Å². The molecular formula is C13H17NO. The van der Waals surface area contributed by atoms with Crippen LogP contribution in [0.15, 0.2) is 30.3 Å². The molecule has 0 atom stereocenters. The quantitative estimate of drug-likeness (QED) is 0.747. The number of amides is 1. The summed E-state index contributed by atoms with van der Waals surface area (Å²) in [6.45, 7) is 0. The molecule has 1 amide bonds. The van der Waals surface area contributed by atoms with Crippen molar-refractivity contribution < 1.29 is 4.79 Å². The van der Waals surface area contributed by atoms with Gasteiger partial charge in [-0.15, -0.1) is 0 Å². The fourth-order valence-electron chi connectivity index (χ4n) is 2.54. The summed E-state index contributed by atoms with van der Waals surface area (Å²) in [6, 6.07) is 10.4. The maximum atomic E-state index is 10.6. The van der Waals surface area contributed by atoms with Gasteiger partial charge < -0.3 is 5.32 Å². The molecule has 1 aromatic rings. The van der Waals surface area contributed by atoms with Crippen molar-refractivity contribution in [2.75, 3.05) is 0 Å². The van der Waals surface area contributed by atoms with Crippen LogP contribution in [0.3, 0.4) is 0 Å². The van der Waals surface area contributed by atoms with Gasteiger partial charge in [-0.25, -0.2) is 0 Å². The van der Waals surface area contributed by atoms with Crippen molar-refractivity contribution >= 4 is 6.41 Å². The van der Waals surface area contributed by atoms with Gasteiger partial charge in [0.1, 0.15) is 0 Å². The molecule has 0 aromatic heterocycles. The van der Waals surface area contributed by atoms with Crippen LogP contribution in [0.5, 0.6) is 0 Å². The summed E-state index contributed by atoms with van der Waals surface area (Å²) in [5.41, 5.74) is 1.34. The number of rotatable bonds is 4. The van der Waals surface area contributed by atoms with E-state index in [-0.39, 0.29) is 5.54 Å². The molecule has 0 unspecified atom stereocenters. The molecule has 0 spiro atoms. The van der Waals surface area contributed by atoms with Gasteiger partial charge in [0.25, 0.3) is 0 Å². The van der Waals surface area contributed by atoms with Crippen LogP contribution in [-0.4, -0.2) is 11.9 Å². The first-order valence-corrected chi connectivity index (χ1v) is 5.60. The Balaban J connectivity index is 2.10. The van der Waals surface area contributed by atoms with Gasteiger partial charge in [-0.3, -0.25) is 4.79 Å². The second-order valence-electron chi connectivity index (χ2n) is 4.41.